The molecule has 1 saturated heterocycles. The first kappa shape index (κ1) is 24.2. The van der Waals surface area contributed by atoms with Gasteiger partial charge in [-0.25, -0.2) is 0 Å². The average Bonchev–Trinajstić information content (AvgIpc) is 2.73. The number of hydrogen-bond acceptors (Lipinski definition) is 6. The van der Waals surface area contributed by atoms with Crippen LogP contribution in [-0.4, -0.2) is 55.7 Å². The number of ether oxygens (including phenoxy) is 1. The molecule has 5 fully saturated rings. The molecule has 5 aliphatic rings. The maximum atomic E-state index is 12.9. The minimum absolute atomic E-state index is 0.0833. The van der Waals surface area contributed by atoms with E-state index in [1.165, 1.54) is 65.0 Å². The summed E-state index contributed by atoms with van der Waals surface area (Å²) in [5, 5.41) is 3.22. The van der Waals surface area contributed by atoms with E-state index in [1.54, 1.807) is 0 Å². The van der Waals surface area contributed by atoms with Crippen molar-refractivity contribution in [3.8, 4) is 5.75 Å². The second kappa shape index (κ2) is 9.16. The molecule has 0 spiro atoms. The Balaban J connectivity index is 1.18. The number of nitrogens with one attached hydrogen (secondary N) is 1. The smallest absolute Gasteiger partial charge is 0.406 e. The van der Waals surface area contributed by atoms with Crippen molar-refractivity contribution in [2.24, 2.45) is 23.7 Å². The monoisotopic (exact) mass is 503 g/mol. The van der Waals surface area contributed by atoms with Crippen molar-refractivity contribution in [2.75, 3.05) is 19.6 Å². The van der Waals surface area contributed by atoms with Gasteiger partial charge >= 0.3 is 6.36 Å². The van der Waals surface area contributed by atoms with E-state index in [0.717, 1.165) is 11.8 Å². The minimum Gasteiger partial charge on any atom is -0.406 e. The largest absolute Gasteiger partial charge is 0.573 e. The van der Waals surface area contributed by atoms with Gasteiger partial charge in [0.25, 0.3) is 0 Å². The number of amides is 1. The predicted molar refractivity (Wildman–Crippen MR) is 122 cm³/mol. The number of nitrogens with zero attached hydrogens (tertiary/aromatic N) is 2. The van der Waals surface area contributed by atoms with Crippen molar-refractivity contribution in [3.05, 3.63) is 29.8 Å². The van der Waals surface area contributed by atoms with E-state index in [9.17, 15) is 27.1 Å². The van der Waals surface area contributed by atoms with Gasteiger partial charge in [0.2, 0.25) is 5.91 Å². The molecule has 1 aromatic rings. The van der Waals surface area contributed by atoms with Gasteiger partial charge in [-0.05, 0) is 79.9 Å². The molecule has 7 nitrogen and oxygen atoms in total. The summed E-state index contributed by atoms with van der Waals surface area (Å²) in [7, 11) is -3.36. The molecule has 6 rings (SSSR count). The van der Waals surface area contributed by atoms with Crippen LogP contribution < -0.4 is 10.1 Å². The van der Waals surface area contributed by atoms with E-state index in [1.807, 2.05) is 0 Å². The third kappa shape index (κ3) is 5.18. The topological polar surface area (TPSA) is 85.3 Å². The number of halogens is 3. The van der Waals surface area contributed by atoms with Gasteiger partial charge in [-0.15, -0.1) is 13.2 Å². The second-order valence-corrected chi connectivity index (χ2v) is 12.3. The van der Waals surface area contributed by atoms with Crippen LogP contribution >= 0.6 is 11.0 Å². The number of rotatable bonds is 6. The Labute approximate surface area is 199 Å². The lowest BCUT2D eigenvalue weighted by Gasteiger charge is -2.55. The number of benzene rings is 1. The molecule has 34 heavy (non-hydrogen) atoms. The summed E-state index contributed by atoms with van der Waals surface area (Å²) < 4.78 is 65.8. The molecule has 1 amide bonds. The number of carbonyl (C=O) groups is 1. The van der Waals surface area contributed by atoms with Crippen molar-refractivity contribution in [3.63, 3.8) is 0 Å². The molecule has 0 atom stereocenters. The van der Waals surface area contributed by atoms with Crippen LogP contribution in [0.25, 0.3) is 0 Å². The van der Waals surface area contributed by atoms with Crippen molar-refractivity contribution >= 4 is 16.9 Å². The summed E-state index contributed by atoms with van der Waals surface area (Å²) in [6, 6.07) is 5.53. The van der Waals surface area contributed by atoms with Crippen LogP contribution in [0.5, 0.6) is 5.75 Å². The fourth-order valence-electron chi connectivity index (χ4n) is 6.72. The Morgan fingerprint density at radius 1 is 1.00 bits per heavy atom. The third-order valence-electron chi connectivity index (χ3n) is 7.90. The quantitative estimate of drug-likeness (QED) is 0.526. The van der Waals surface area contributed by atoms with Gasteiger partial charge in [-0.3, -0.25) is 13.9 Å². The zero-order valence-corrected chi connectivity index (χ0v) is 19.7. The fourth-order valence-corrected chi connectivity index (χ4v) is 8.40. The summed E-state index contributed by atoms with van der Waals surface area (Å²) in [5.41, 5.74) is 0.620. The number of hydrogen-bond donors (Lipinski definition) is 3. The molecule has 190 valence electrons. The molecular formula is C23H32F3N3O4S. The molecule has 1 aromatic carbocycles. The Kier molecular flexibility index (Phi) is 6.52. The normalized spacial score (nSPS) is 34.1. The highest BCUT2D eigenvalue weighted by atomic mass is 32.3. The van der Waals surface area contributed by atoms with E-state index in [2.05, 4.69) is 10.1 Å². The van der Waals surface area contributed by atoms with Crippen molar-refractivity contribution in [2.45, 2.75) is 57.5 Å². The lowest BCUT2D eigenvalue weighted by molar-refractivity contribution is -0.274. The number of carbonyl (C=O) groups excluding carboxylic acids is 1. The first-order valence-corrected chi connectivity index (χ1v) is 13.5. The maximum Gasteiger partial charge on any atom is 0.573 e. The van der Waals surface area contributed by atoms with E-state index >= 15 is 0 Å². The first-order valence-electron chi connectivity index (χ1n) is 12.0. The van der Waals surface area contributed by atoms with E-state index < -0.39 is 17.3 Å². The van der Waals surface area contributed by atoms with Crippen LogP contribution in [0, 0.1) is 23.7 Å². The van der Waals surface area contributed by atoms with Crippen LogP contribution in [-0.2, 0) is 11.3 Å². The molecule has 0 aromatic heterocycles. The summed E-state index contributed by atoms with van der Waals surface area (Å²) >= 11 is 0. The average molecular weight is 504 g/mol. The van der Waals surface area contributed by atoms with Gasteiger partial charge in [0, 0.05) is 25.7 Å². The molecule has 11 heteroatoms. The molecule has 3 N–H and O–H groups in total. The van der Waals surface area contributed by atoms with Gasteiger partial charge in [-0.1, -0.05) is 23.1 Å². The highest BCUT2D eigenvalue weighted by Gasteiger charge is 2.49. The van der Waals surface area contributed by atoms with Crippen LogP contribution in [0.1, 0.15) is 44.1 Å². The maximum absolute atomic E-state index is 12.9. The fraction of sp³-hybridized carbons (Fsp3) is 0.696. The summed E-state index contributed by atoms with van der Waals surface area (Å²) in [6.07, 6.45) is 2.00. The Bertz CT molecular complexity index is 870. The molecular weight excluding hydrogens is 471 g/mol. The molecule has 1 heterocycles. The van der Waals surface area contributed by atoms with E-state index in [4.69, 9.17) is 0 Å². The zero-order chi connectivity index (χ0) is 24.1. The highest BCUT2D eigenvalue weighted by Crippen LogP contribution is 2.54. The lowest BCUT2D eigenvalue weighted by atomic mass is 9.54. The third-order valence-corrected chi connectivity index (χ3v) is 9.91. The van der Waals surface area contributed by atoms with Gasteiger partial charge in [0.05, 0.1) is 6.54 Å². The van der Waals surface area contributed by atoms with Crippen LogP contribution in [0.3, 0.4) is 0 Å². The zero-order valence-electron chi connectivity index (χ0n) is 18.9. The molecule has 4 aliphatic carbocycles. The number of alkyl halides is 3. The Morgan fingerprint density at radius 3 is 2.18 bits per heavy atom. The second-order valence-electron chi connectivity index (χ2n) is 10.3. The van der Waals surface area contributed by atoms with E-state index in [0.29, 0.717) is 36.9 Å². The van der Waals surface area contributed by atoms with E-state index in [-0.39, 0.29) is 30.8 Å². The highest BCUT2D eigenvalue weighted by molar-refractivity contribution is 8.20. The SMILES string of the molecule is O=C(CN1CCCN(Cc2ccc(OC(F)(F)F)cc2)S1(O)O)NC1C2CC3CC(C2)CC1C3. The molecule has 0 radical (unpaired) electrons. The van der Waals surface area contributed by atoms with Gasteiger partial charge in [0.15, 0.2) is 0 Å². The summed E-state index contributed by atoms with van der Waals surface area (Å²) in [6.45, 7) is 0.866. The summed E-state index contributed by atoms with van der Waals surface area (Å²) in [4.78, 5) is 12.9. The van der Waals surface area contributed by atoms with Gasteiger partial charge in [0.1, 0.15) is 5.75 Å². The van der Waals surface area contributed by atoms with Crippen LogP contribution in [0.2, 0.25) is 0 Å². The lowest BCUT2D eigenvalue weighted by Crippen LogP contribution is -2.57. The first-order chi connectivity index (χ1) is 16.1. The Morgan fingerprint density at radius 2 is 1.59 bits per heavy atom. The minimum atomic E-state index is -4.76. The molecule has 4 bridgehead atoms. The predicted octanol–water partition coefficient (Wildman–Crippen LogP) is 4.61. The summed E-state index contributed by atoms with van der Waals surface area (Å²) in [5.74, 6) is 2.21. The molecule has 4 saturated carbocycles. The molecule has 0 unspecified atom stereocenters. The Hall–Kier alpha value is -1.53. The van der Waals surface area contributed by atoms with Crippen LogP contribution in [0.4, 0.5) is 13.2 Å². The standard InChI is InChI=1S/C23H32F3N3O4S/c24-23(25,26)33-20-4-2-15(3-5-20)13-28-6-1-7-29(34(28,31)32)14-21(30)27-22-18-9-16-8-17(11-18)12-19(22)10-16/h2-5,16-19,22,31-32H,1,6-14H2,(H,27,30). The van der Waals surface area contributed by atoms with Gasteiger partial charge in [-0.2, -0.15) is 8.61 Å². The van der Waals surface area contributed by atoms with Crippen molar-refractivity contribution < 1.29 is 31.8 Å². The van der Waals surface area contributed by atoms with Crippen LogP contribution in [0.15, 0.2) is 24.3 Å². The van der Waals surface area contributed by atoms with Gasteiger partial charge < -0.3 is 10.1 Å². The van der Waals surface area contributed by atoms with Crippen molar-refractivity contribution in [1.29, 1.82) is 0 Å². The molecule has 1 aliphatic heterocycles. The van der Waals surface area contributed by atoms with Crippen molar-refractivity contribution in [1.82, 2.24) is 13.9 Å².